The van der Waals surface area contributed by atoms with Gasteiger partial charge in [0.2, 0.25) is 10.0 Å². The fraction of sp³-hybridized carbons (Fsp3) is 0.533. The molecule has 1 aromatic carbocycles. The summed E-state index contributed by atoms with van der Waals surface area (Å²) in [5, 5.41) is 9.53. The number of hydrogen-bond acceptors (Lipinski definition) is 4. The molecule has 1 aliphatic carbocycles. The Bertz CT molecular complexity index is 795. The average molecular weight is 379 g/mol. The molecule has 2 atom stereocenters. The first-order valence-corrected chi connectivity index (χ1v) is 9.08. The summed E-state index contributed by atoms with van der Waals surface area (Å²) in [7, 11) is -4.11. The average Bonchev–Trinajstić information content (AvgIpc) is 3.03. The normalized spacial score (nSPS) is 27.2. The molecule has 0 bridgehead atoms. The van der Waals surface area contributed by atoms with Gasteiger partial charge in [0.25, 0.3) is 0 Å². The van der Waals surface area contributed by atoms with E-state index >= 15 is 0 Å². The largest absolute Gasteiger partial charge is 0.573 e. The number of halogens is 3. The number of alkyl halides is 3. The highest BCUT2D eigenvalue weighted by molar-refractivity contribution is 7.89. The fourth-order valence-electron chi connectivity index (χ4n) is 3.76. The summed E-state index contributed by atoms with van der Waals surface area (Å²) in [5.41, 5.74) is -1.10. The van der Waals surface area contributed by atoms with Gasteiger partial charge in [-0.25, -0.2) is 8.42 Å². The Morgan fingerprint density at radius 3 is 2.68 bits per heavy atom. The summed E-state index contributed by atoms with van der Waals surface area (Å²) in [6.45, 7) is -0.112. The first-order chi connectivity index (χ1) is 11.5. The van der Waals surface area contributed by atoms with Crippen LogP contribution in [-0.2, 0) is 14.8 Å². The van der Waals surface area contributed by atoms with Crippen LogP contribution in [0.15, 0.2) is 29.2 Å². The van der Waals surface area contributed by atoms with Crippen molar-refractivity contribution < 1.29 is 36.2 Å². The number of carboxylic acid groups (broad SMARTS) is 1. The van der Waals surface area contributed by atoms with Gasteiger partial charge in [-0.3, -0.25) is 4.79 Å². The van der Waals surface area contributed by atoms with Crippen molar-refractivity contribution in [3.8, 4) is 5.75 Å². The van der Waals surface area contributed by atoms with Crippen molar-refractivity contribution in [1.29, 1.82) is 0 Å². The van der Waals surface area contributed by atoms with Gasteiger partial charge in [0.15, 0.2) is 0 Å². The topological polar surface area (TPSA) is 83.9 Å². The first kappa shape index (κ1) is 18.0. The molecule has 0 unspecified atom stereocenters. The summed E-state index contributed by atoms with van der Waals surface area (Å²) in [5.74, 6) is -1.95. The van der Waals surface area contributed by atoms with Crippen LogP contribution in [0.4, 0.5) is 13.2 Å². The molecular weight excluding hydrogens is 363 g/mol. The van der Waals surface area contributed by atoms with E-state index in [1.807, 2.05) is 0 Å². The standard InChI is InChI=1S/C15H16F3NO5S/c16-15(17,18)24-11-4-1-5-12(7-11)25(22,23)19-8-10-3-2-6-14(10,9-19)13(20)21/h1,4-5,7,10H,2-3,6,8-9H2,(H,20,21)/t10-,14+/m0/s1. The van der Waals surface area contributed by atoms with Gasteiger partial charge in [-0.2, -0.15) is 4.31 Å². The van der Waals surface area contributed by atoms with Gasteiger partial charge in [0, 0.05) is 19.2 Å². The molecule has 6 nitrogen and oxygen atoms in total. The minimum Gasteiger partial charge on any atom is -0.481 e. The van der Waals surface area contributed by atoms with Crippen LogP contribution in [0, 0.1) is 11.3 Å². The highest BCUT2D eigenvalue weighted by Crippen LogP contribution is 2.50. The number of aliphatic carboxylic acids is 1. The van der Waals surface area contributed by atoms with E-state index in [0.29, 0.717) is 12.8 Å². The minimum atomic E-state index is -4.93. The highest BCUT2D eigenvalue weighted by atomic mass is 32.2. The smallest absolute Gasteiger partial charge is 0.481 e. The summed E-state index contributed by atoms with van der Waals surface area (Å²) in [6.07, 6.45) is -3.19. The summed E-state index contributed by atoms with van der Waals surface area (Å²) in [4.78, 5) is 11.3. The van der Waals surface area contributed by atoms with Crippen LogP contribution >= 0.6 is 0 Å². The molecule has 0 radical (unpaired) electrons. The van der Waals surface area contributed by atoms with Crippen LogP contribution in [0.25, 0.3) is 0 Å². The number of sulfonamides is 1. The van der Waals surface area contributed by atoms with Crippen molar-refractivity contribution in [2.24, 2.45) is 11.3 Å². The van der Waals surface area contributed by atoms with Crippen LogP contribution in [-0.4, -0.2) is 43.3 Å². The lowest BCUT2D eigenvalue weighted by Gasteiger charge is -2.23. The molecule has 1 aliphatic heterocycles. The second-order valence-corrected chi connectivity index (χ2v) is 8.31. The number of benzene rings is 1. The zero-order valence-corrected chi connectivity index (χ0v) is 13.8. The van der Waals surface area contributed by atoms with Gasteiger partial charge in [0.1, 0.15) is 5.75 Å². The van der Waals surface area contributed by atoms with E-state index in [4.69, 9.17) is 0 Å². The van der Waals surface area contributed by atoms with Gasteiger partial charge in [-0.1, -0.05) is 12.5 Å². The lowest BCUT2D eigenvalue weighted by atomic mass is 9.81. The quantitative estimate of drug-likeness (QED) is 0.869. The third-order valence-electron chi connectivity index (χ3n) is 4.94. The molecule has 0 amide bonds. The molecule has 1 saturated carbocycles. The van der Waals surface area contributed by atoms with E-state index in [-0.39, 0.29) is 23.9 Å². The zero-order chi connectivity index (χ0) is 18.5. The maximum Gasteiger partial charge on any atom is 0.573 e. The van der Waals surface area contributed by atoms with E-state index < -0.39 is 33.5 Å². The Morgan fingerprint density at radius 1 is 1.36 bits per heavy atom. The van der Waals surface area contributed by atoms with Crippen LogP contribution < -0.4 is 4.74 Å². The monoisotopic (exact) mass is 379 g/mol. The van der Waals surface area contributed by atoms with Gasteiger partial charge in [0.05, 0.1) is 10.3 Å². The molecule has 1 N–H and O–H groups in total. The Hall–Kier alpha value is -1.81. The SMILES string of the molecule is O=C(O)[C@@]12CCC[C@H]1CN(S(=O)(=O)c1cccc(OC(F)(F)F)c1)C2. The van der Waals surface area contributed by atoms with Crippen molar-refractivity contribution in [3.63, 3.8) is 0 Å². The summed E-state index contributed by atoms with van der Waals surface area (Å²) >= 11 is 0. The predicted molar refractivity (Wildman–Crippen MR) is 79.3 cm³/mol. The Kier molecular flexibility index (Phi) is 4.23. The van der Waals surface area contributed by atoms with Gasteiger partial charge < -0.3 is 9.84 Å². The van der Waals surface area contributed by atoms with E-state index in [1.165, 1.54) is 6.07 Å². The number of nitrogens with zero attached hydrogens (tertiary/aromatic N) is 1. The van der Waals surface area contributed by atoms with Crippen molar-refractivity contribution >= 4 is 16.0 Å². The number of carbonyl (C=O) groups is 1. The number of ether oxygens (including phenoxy) is 1. The number of hydrogen-bond donors (Lipinski definition) is 1. The maximum atomic E-state index is 12.7. The zero-order valence-electron chi connectivity index (χ0n) is 13.0. The van der Waals surface area contributed by atoms with Gasteiger partial charge >= 0.3 is 12.3 Å². The van der Waals surface area contributed by atoms with E-state index in [0.717, 1.165) is 28.9 Å². The maximum absolute atomic E-state index is 12.7. The molecule has 2 fully saturated rings. The van der Waals surface area contributed by atoms with Gasteiger partial charge in [-0.05, 0) is 30.9 Å². The molecular formula is C15H16F3NO5S. The molecule has 1 heterocycles. The van der Waals surface area contributed by atoms with E-state index in [9.17, 15) is 31.5 Å². The molecule has 1 saturated heterocycles. The van der Waals surface area contributed by atoms with Crippen LogP contribution in [0.5, 0.6) is 5.75 Å². The van der Waals surface area contributed by atoms with E-state index in [2.05, 4.69) is 4.74 Å². The summed E-state index contributed by atoms with van der Waals surface area (Å²) in [6, 6.07) is 4.12. The van der Waals surface area contributed by atoms with Crippen molar-refractivity contribution in [3.05, 3.63) is 24.3 Å². The number of rotatable bonds is 4. The van der Waals surface area contributed by atoms with Gasteiger partial charge in [-0.15, -0.1) is 13.2 Å². The molecule has 0 spiro atoms. The van der Waals surface area contributed by atoms with Crippen LogP contribution in [0.3, 0.4) is 0 Å². The molecule has 3 rings (SSSR count). The predicted octanol–water partition coefficient (Wildman–Crippen LogP) is 2.46. The Balaban J connectivity index is 1.88. The van der Waals surface area contributed by atoms with Crippen molar-refractivity contribution in [2.45, 2.75) is 30.5 Å². The lowest BCUT2D eigenvalue weighted by molar-refractivity contribution is -0.274. The molecule has 0 aromatic heterocycles. The van der Waals surface area contributed by atoms with Crippen molar-refractivity contribution in [1.82, 2.24) is 4.31 Å². The second-order valence-electron chi connectivity index (χ2n) is 6.37. The first-order valence-electron chi connectivity index (χ1n) is 7.64. The molecule has 1 aromatic rings. The van der Waals surface area contributed by atoms with Crippen LogP contribution in [0.1, 0.15) is 19.3 Å². The van der Waals surface area contributed by atoms with Crippen molar-refractivity contribution in [2.75, 3.05) is 13.1 Å². The molecule has 10 heteroatoms. The third kappa shape index (κ3) is 3.20. The highest BCUT2D eigenvalue weighted by Gasteiger charge is 2.57. The minimum absolute atomic E-state index is 0.0546. The number of fused-ring (bicyclic) bond motifs is 1. The Morgan fingerprint density at radius 2 is 2.08 bits per heavy atom. The fourth-order valence-corrected chi connectivity index (χ4v) is 5.35. The Labute approximate surface area is 142 Å². The molecule has 25 heavy (non-hydrogen) atoms. The number of carboxylic acids is 1. The van der Waals surface area contributed by atoms with E-state index in [1.54, 1.807) is 0 Å². The van der Waals surface area contributed by atoms with Crippen LogP contribution in [0.2, 0.25) is 0 Å². The lowest BCUT2D eigenvalue weighted by Crippen LogP contribution is -2.37. The molecule has 138 valence electrons. The third-order valence-corrected chi connectivity index (χ3v) is 6.75. The molecule has 2 aliphatic rings. The summed E-state index contributed by atoms with van der Waals surface area (Å²) < 4.78 is 67.3. The second kappa shape index (κ2) is 5.87.